The average molecular weight is 496 g/mol. The number of nitrogens with one attached hydrogen (secondary N) is 3. The summed E-state index contributed by atoms with van der Waals surface area (Å²) in [7, 11) is 1.79. The Balaban J connectivity index is 0.00000280. The standard InChI is InChI=1S/C21H28N4O2.HI/c1-16-6-3-8-19-20(16)17(14-25-19)9-11-24-21(22-2)23-10-5-12-26-15-18-7-4-13-27-18;/h3-4,6-8,13-14,25H,5,9-12,15H2,1-2H3,(H2,22,23,24);1H. The predicted molar refractivity (Wildman–Crippen MR) is 125 cm³/mol. The van der Waals surface area contributed by atoms with Crippen molar-refractivity contribution in [2.45, 2.75) is 26.4 Å². The molecule has 7 heteroatoms. The van der Waals surface area contributed by atoms with Gasteiger partial charge in [-0.15, -0.1) is 24.0 Å². The maximum atomic E-state index is 5.58. The molecule has 0 fully saturated rings. The minimum absolute atomic E-state index is 0. The molecule has 0 saturated carbocycles. The van der Waals surface area contributed by atoms with Crippen molar-refractivity contribution in [2.75, 3.05) is 26.7 Å². The van der Waals surface area contributed by atoms with E-state index in [-0.39, 0.29) is 24.0 Å². The molecule has 1 aromatic carbocycles. The largest absolute Gasteiger partial charge is 0.467 e. The summed E-state index contributed by atoms with van der Waals surface area (Å²) >= 11 is 0. The number of aliphatic imine (C=N–C) groups is 1. The van der Waals surface area contributed by atoms with Crippen LogP contribution in [0.1, 0.15) is 23.3 Å². The van der Waals surface area contributed by atoms with E-state index in [2.05, 4.69) is 51.9 Å². The van der Waals surface area contributed by atoms with Crippen molar-refractivity contribution in [3.8, 4) is 0 Å². The van der Waals surface area contributed by atoms with Gasteiger partial charge in [0.15, 0.2) is 5.96 Å². The van der Waals surface area contributed by atoms with Crippen molar-refractivity contribution in [1.29, 1.82) is 0 Å². The molecule has 0 atom stereocenters. The quantitative estimate of drug-likeness (QED) is 0.181. The smallest absolute Gasteiger partial charge is 0.190 e. The summed E-state index contributed by atoms with van der Waals surface area (Å²) in [6, 6.07) is 10.1. The fourth-order valence-electron chi connectivity index (χ4n) is 3.13. The predicted octanol–water partition coefficient (Wildman–Crippen LogP) is 4.00. The lowest BCUT2D eigenvalue weighted by Crippen LogP contribution is -2.39. The van der Waals surface area contributed by atoms with Gasteiger partial charge >= 0.3 is 0 Å². The van der Waals surface area contributed by atoms with Gasteiger partial charge in [-0.3, -0.25) is 4.99 Å². The van der Waals surface area contributed by atoms with Crippen LogP contribution in [-0.2, 0) is 17.8 Å². The molecule has 0 saturated heterocycles. The summed E-state index contributed by atoms with van der Waals surface area (Å²) in [6.45, 7) is 4.99. The summed E-state index contributed by atoms with van der Waals surface area (Å²) in [5, 5.41) is 8.02. The number of guanidine groups is 1. The van der Waals surface area contributed by atoms with Crippen molar-refractivity contribution in [3.05, 3.63) is 59.7 Å². The van der Waals surface area contributed by atoms with Gasteiger partial charge in [-0.1, -0.05) is 12.1 Å². The van der Waals surface area contributed by atoms with Crippen LogP contribution in [0, 0.1) is 6.92 Å². The van der Waals surface area contributed by atoms with Crippen LogP contribution in [0.2, 0.25) is 0 Å². The molecule has 0 aliphatic carbocycles. The Morgan fingerprint density at radius 3 is 2.82 bits per heavy atom. The summed E-state index contributed by atoms with van der Waals surface area (Å²) in [6.07, 6.45) is 5.61. The van der Waals surface area contributed by atoms with Crippen molar-refractivity contribution in [3.63, 3.8) is 0 Å². The molecule has 3 aromatic rings. The van der Waals surface area contributed by atoms with E-state index in [0.717, 1.165) is 37.7 Å². The molecule has 0 aliphatic rings. The number of ether oxygens (including phenoxy) is 1. The van der Waals surface area contributed by atoms with Gasteiger partial charge in [0.1, 0.15) is 12.4 Å². The number of hydrogen-bond donors (Lipinski definition) is 3. The zero-order valence-electron chi connectivity index (χ0n) is 16.5. The number of furan rings is 1. The molecule has 0 spiro atoms. The maximum absolute atomic E-state index is 5.58. The number of hydrogen-bond acceptors (Lipinski definition) is 3. The van der Waals surface area contributed by atoms with Crippen molar-refractivity contribution in [1.82, 2.24) is 15.6 Å². The second-order valence-corrected chi connectivity index (χ2v) is 6.47. The summed E-state index contributed by atoms with van der Waals surface area (Å²) in [4.78, 5) is 7.63. The highest BCUT2D eigenvalue weighted by Gasteiger charge is 2.06. The topological polar surface area (TPSA) is 74.6 Å². The van der Waals surface area contributed by atoms with Crippen LogP contribution in [-0.4, -0.2) is 37.7 Å². The lowest BCUT2D eigenvalue weighted by Gasteiger charge is -2.12. The van der Waals surface area contributed by atoms with Gasteiger partial charge in [-0.25, -0.2) is 0 Å². The lowest BCUT2D eigenvalue weighted by molar-refractivity contribution is 0.105. The number of nitrogens with zero attached hydrogens (tertiary/aromatic N) is 1. The Labute approximate surface area is 183 Å². The molecule has 3 N–H and O–H groups in total. The Morgan fingerprint density at radius 1 is 1.18 bits per heavy atom. The summed E-state index contributed by atoms with van der Waals surface area (Å²) in [5.41, 5.74) is 3.83. The van der Waals surface area contributed by atoms with Gasteiger partial charge in [0.25, 0.3) is 0 Å². The molecular formula is C21H29IN4O2. The number of fused-ring (bicyclic) bond motifs is 1. The van der Waals surface area contributed by atoms with Crippen molar-refractivity contribution in [2.24, 2.45) is 4.99 Å². The molecule has 0 bridgehead atoms. The molecule has 0 amide bonds. The third kappa shape index (κ3) is 6.27. The number of rotatable bonds is 9. The molecule has 2 aromatic heterocycles. The van der Waals surface area contributed by atoms with Gasteiger partial charge in [0, 0.05) is 43.8 Å². The van der Waals surface area contributed by atoms with Gasteiger partial charge in [0.05, 0.1) is 6.26 Å². The number of benzene rings is 1. The first-order valence-corrected chi connectivity index (χ1v) is 9.38. The normalized spacial score (nSPS) is 11.4. The first-order valence-electron chi connectivity index (χ1n) is 9.38. The number of aromatic nitrogens is 1. The van der Waals surface area contributed by atoms with Crippen LogP contribution in [0.3, 0.4) is 0 Å². The molecule has 152 valence electrons. The average Bonchev–Trinajstić information content (AvgIpc) is 3.33. The van der Waals surface area contributed by atoms with E-state index in [1.165, 1.54) is 22.0 Å². The molecule has 0 aliphatic heterocycles. The number of halogens is 1. The van der Waals surface area contributed by atoms with E-state index in [1.54, 1.807) is 13.3 Å². The fourth-order valence-corrected chi connectivity index (χ4v) is 3.13. The Hall–Kier alpha value is -2.00. The van der Waals surface area contributed by atoms with Crippen LogP contribution >= 0.6 is 24.0 Å². The van der Waals surface area contributed by atoms with Gasteiger partial charge in [0.2, 0.25) is 0 Å². The molecule has 2 heterocycles. The Bertz CT molecular complexity index is 859. The van der Waals surface area contributed by atoms with E-state index in [0.29, 0.717) is 13.2 Å². The van der Waals surface area contributed by atoms with Crippen molar-refractivity contribution < 1.29 is 9.15 Å². The Morgan fingerprint density at radius 2 is 2.04 bits per heavy atom. The van der Waals surface area contributed by atoms with Crippen LogP contribution in [0.4, 0.5) is 0 Å². The van der Waals surface area contributed by atoms with Gasteiger partial charge in [-0.05, 0) is 49.1 Å². The van der Waals surface area contributed by atoms with E-state index in [9.17, 15) is 0 Å². The third-order valence-corrected chi connectivity index (χ3v) is 4.49. The minimum atomic E-state index is 0. The van der Waals surface area contributed by atoms with Crippen LogP contribution in [0.15, 0.2) is 52.2 Å². The molecule has 3 rings (SSSR count). The molecule has 28 heavy (non-hydrogen) atoms. The molecule has 0 radical (unpaired) electrons. The number of aryl methyl sites for hydroxylation is 1. The second kappa shape index (κ2) is 11.8. The van der Waals surface area contributed by atoms with E-state index >= 15 is 0 Å². The highest BCUT2D eigenvalue weighted by Crippen LogP contribution is 2.22. The molecular weight excluding hydrogens is 467 g/mol. The summed E-state index contributed by atoms with van der Waals surface area (Å²) in [5.74, 6) is 1.67. The lowest BCUT2D eigenvalue weighted by atomic mass is 10.1. The van der Waals surface area contributed by atoms with E-state index in [4.69, 9.17) is 9.15 Å². The molecule has 0 unspecified atom stereocenters. The number of H-pyrrole nitrogens is 1. The monoisotopic (exact) mass is 496 g/mol. The summed E-state index contributed by atoms with van der Waals surface area (Å²) < 4.78 is 10.8. The van der Waals surface area contributed by atoms with Gasteiger partial charge < -0.3 is 24.8 Å². The molecule has 6 nitrogen and oxygen atoms in total. The van der Waals surface area contributed by atoms with E-state index < -0.39 is 0 Å². The second-order valence-electron chi connectivity index (χ2n) is 6.47. The van der Waals surface area contributed by atoms with Crippen LogP contribution in [0.5, 0.6) is 0 Å². The zero-order chi connectivity index (χ0) is 18.9. The third-order valence-electron chi connectivity index (χ3n) is 4.49. The highest BCUT2D eigenvalue weighted by atomic mass is 127. The Kier molecular flexibility index (Phi) is 9.36. The first-order chi connectivity index (χ1) is 13.3. The fraction of sp³-hybridized carbons (Fsp3) is 0.381. The van der Waals surface area contributed by atoms with Crippen molar-refractivity contribution >= 4 is 40.8 Å². The maximum Gasteiger partial charge on any atom is 0.190 e. The highest BCUT2D eigenvalue weighted by molar-refractivity contribution is 14.0. The van der Waals surface area contributed by atoms with E-state index in [1.807, 2.05) is 12.1 Å². The van der Waals surface area contributed by atoms with Crippen LogP contribution in [0.25, 0.3) is 10.9 Å². The van der Waals surface area contributed by atoms with Gasteiger partial charge in [-0.2, -0.15) is 0 Å². The first kappa shape index (κ1) is 22.3. The zero-order valence-corrected chi connectivity index (χ0v) is 18.8. The number of aromatic amines is 1. The SMILES string of the molecule is CN=C(NCCCOCc1ccco1)NCCc1c[nH]c2cccc(C)c12.I. The van der Waals surface area contributed by atoms with Crippen LogP contribution < -0.4 is 10.6 Å². The minimum Gasteiger partial charge on any atom is -0.467 e.